The lowest BCUT2D eigenvalue weighted by atomic mass is 10.1. The van der Waals surface area contributed by atoms with E-state index in [9.17, 15) is 4.79 Å². The molecule has 0 radical (unpaired) electrons. The van der Waals surface area contributed by atoms with Crippen molar-refractivity contribution in [3.63, 3.8) is 0 Å². The average molecular weight is 351 g/mol. The number of hydrogen-bond acceptors (Lipinski definition) is 2. The molecule has 3 nitrogen and oxygen atoms in total. The van der Waals surface area contributed by atoms with Gasteiger partial charge in [0.2, 0.25) is 5.91 Å². The highest BCUT2D eigenvalue weighted by atomic mass is 35.5. The first-order valence-corrected chi connectivity index (χ1v) is 8.23. The molecule has 1 amide bonds. The molecule has 2 N–H and O–H groups in total. The van der Waals surface area contributed by atoms with Crippen LogP contribution in [-0.2, 0) is 11.3 Å². The predicted octanol–water partition coefficient (Wildman–Crippen LogP) is 4.73. The monoisotopic (exact) mass is 350 g/mol. The van der Waals surface area contributed by atoms with Crippen molar-refractivity contribution in [1.82, 2.24) is 5.32 Å². The van der Waals surface area contributed by atoms with E-state index in [0.29, 0.717) is 29.6 Å². The molecule has 0 saturated heterocycles. The summed E-state index contributed by atoms with van der Waals surface area (Å²) in [5, 5.41) is 7.44. The zero-order valence-corrected chi connectivity index (χ0v) is 14.8. The van der Waals surface area contributed by atoms with Crippen molar-refractivity contribution in [1.29, 1.82) is 0 Å². The maximum Gasteiger partial charge on any atom is 0.222 e. The van der Waals surface area contributed by atoms with Crippen LogP contribution in [0, 0.1) is 13.8 Å². The predicted molar refractivity (Wildman–Crippen MR) is 97.3 cm³/mol. The van der Waals surface area contributed by atoms with E-state index in [-0.39, 0.29) is 5.91 Å². The van der Waals surface area contributed by atoms with Crippen molar-refractivity contribution in [2.45, 2.75) is 26.8 Å². The van der Waals surface area contributed by atoms with Crippen LogP contribution in [0.5, 0.6) is 0 Å². The summed E-state index contributed by atoms with van der Waals surface area (Å²) in [6.45, 7) is 4.96. The molecule has 0 aromatic heterocycles. The van der Waals surface area contributed by atoms with E-state index in [0.717, 1.165) is 22.4 Å². The van der Waals surface area contributed by atoms with E-state index in [1.54, 1.807) is 0 Å². The van der Waals surface area contributed by atoms with Gasteiger partial charge >= 0.3 is 0 Å². The lowest BCUT2D eigenvalue weighted by Gasteiger charge is -2.13. The summed E-state index contributed by atoms with van der Waals surface area (Å²) in [6, 6.07) is 11.4. The van der Waals surface area contributed by atoms with Crippen molar-refractivity contribution in [3.8, 4) is 0 Å². The molecule has 2 aromatic rings. The standard InChI is InChI=1S/C18H20Cl2N2O/c1-12-9-13(2)18(16(20)10-12)21-8-7-17(23)22-11-14-5-3-4-6-15(14)19/h3-6,9-10,21H,7-8,11H2,1-2H3,(H,22,23). The molecular weight excluding hydrogens is 331 g/mol. The number of rotatable bonds is 6. The highest BCUT2D eigenvalue weighted by Crippen LogP contribution is 2.27. The molecule has 0 bridgehead atoms. The van der Waals surface area contributed by atoms with Crippen LogP contribution in [-0.4, -0.2) is 12.5 Å². The first kappa shape index (κ1) is 17.6. The fraction of sp³-hybridized carbons (Fsp3) is 0.278. The molecule has 0 heterocycles. The van der Waals surface area contributed by atoms with E-state index >= 15 is 0 Å². The molecule has 2 rings (SSSR count). The van der Waals surface area contributed by atoms with Gasteiger partial charge in [0, 0.05) is 24.5 Å². The second-order valence-electron chi connectivity index (χ2n) is 5.48. The second kappa shape index (κ2) is 8.23. The average Bonchev–Trinajstić information content (AvgIpc) is 2.49. The van der Waals surface area contributed by atoms with Crippen LogP contribution in [0.2, 0.25) is 10.0 Å². The van der Waals surface area contributed by atoms with Gasteiger partial charge in [0.25, 0.3) is 0 Å². The summed E-state index contributed by atoms with van der Waals surface area (Å²) < 4.78 is 0. The Kier molecular flexibility index (Phi) is 6.31. The van der Waals surface area contributed by atoms with Crippen molar-refractivity contribution in [3.05, 3.63) is 63.1 Å². The third-order valence-electron chi connectivity index (χ3n) is 3.52. The van der Waals surface area contributed by atoms with E-state index in [4.69, 9.17) is 23.2 Å². The van der Waals surface area contributed by atoms with Gasteiger partial charge in [-0.05, 0) is 42.7 Å². The van der Waals surface area contributed by atoms with Crippen LogP contribution < -0.4 is 10.6 Å². The van der Waals surface area contributed by atoms with Crippen molar-refractivity contribution in [2.75, 3.05) is 11.9 Å². The second-order valence-corrected chi connectivity index (χ2v) is 6.30. The molecule has 0 unspecified atom stereocenters. The lowest BCUT2D eigenvalue weighted by molar-refractivity contribution is -0.121. The van der Waals surface area contributed by atoms with Gasteiger partial charge in [0.15, 0.2) is 0 Å². The van der Waals surface area contributed by atoms with Gasteiger partial charge in [0.05, 0.1) is 10.7 Å². The van der Waals surface area contributed by atoms with E-state index < -0.39 is 0 Å². The molecule has 0 atom stereocenters. The smallest absolute Gasteiger partial charge is 0.222 e. The zero-order valence-electron chi connectivity index (χ0n) is 13.2. The Bertz CT molecular complexity index is 678. The molecule has 0 spiro atoms. The Morgan fingerprint density at radius 1 is 1.09 bits per heavy atom. The maximum atomic E-state index is 11.9. The van der Waals surface area contributed by atoms with Crippen molar-refractivity contribution in [2.24, 2.45) is 0 Å². The molecular formula is C18H20Cl2N2O. The highest BCUT2D eigenvalue weighted by molar-refractivity contribution is 6.33. The van der Waals surface area contributed by atoms with Gasteiger partial charge in [-0.25, -0.2) is 0 Å². The molecule has 5 heteroatoms. The quantitative estimate of drug-likeness (QED) is 0.790. The van der Waals surface area contributed by atoms with E-state index in [1.165, 1.54) is 0 Å². The normalized spacial score (nSPS) is 10.4. The molecule has 0 aliphatic heterocycles. The summed E-state index contributed by atoms with van der Waals surface area (Å²) in [6.07, 6.45) is 0.369. The van der Waals surface area contributed by atoms with Crippen LogP contribution in [0.3, 0.4) is 0 Å². The summed E-state index contributed by atoms with van der Waals surface area (Å²) in [5.74, 6) is -0.0293. The van der Waals surface area contributed by atoms with Crippen LogP contribution in [0.25, 0.3) is 0 Å². The maximum absolute atomic E-state index is 11.9. The molecule has 0 aliphatic carbocycles. The summed E-state index contributed by atoms with van der Waals surface area (Å²) in [5.41, 5.74) is 3.99. The van der Waals surface area contributed by atoms with Crippen LogP contribution in [0.4, 0.5) is 5.69 Å². The highest BCUT2D eigenvalue weighted by Gasteiger charge is 2.07. The van der Waals surface area contributed by atoms with Gasteiger partial charge in [-0.2, -0.15) is 0 Å². The number of carbonyl (C=O) groups is 1. The number of amides is 1. The van der Waals surface area contributed by atoms with Gasteiger partial charge in [-0.1, -0.05) is 47.5 Å². The van der Waals surface area contributed by atoms with Crippen molar-refractivity contribution >= 4 is 34.8 Å². The summed E-state index contributed by atoms with van der Waals surface area (Å²) in [4.78, 5) is 11.9. The number of nitrogens with one attached hydrogen (secondary N) is 2. The van der Waals surface area contributed by atoms with Crippen LogP contribution in [0.15, 0.2) is 36.4 Å². The van der Waals surface area contributed by atoms with E-state index in [2.05, 4.69) is 16.7 Å². The topological polar surface area (TPSA) is 41.1 Å². The molecule has 0 fully saturated rings. The van der Waals surface area contributed by atoms with Gasteiger partial charge in [0.1, 0.15) is 0 Å². The Morgan fingerprint density at radius 3 is 2.52 bits per heavy atom. The van der Waals surface area contributed by atoms with Gasteiger partial charge in [-0.15, -0.1) is 0 Å². The van der Waals surface area contributed by atoms with Crippen LogP contribution >= 0.6 is 23.2 Å². The number of anilines is 1. The molecule has 2 aromatic carbocycles. The lowest BCUT2D eigenvalue weighted by Crippen LogP contribution is -2.25. The molecule has 0 aliphatic rings. The van der Waals surface area contributed by atoms with E-state index in [1.807, 2.05) is 44.2 Å². The Morgan fingerprint density at radius 2 is 1.83 bits per heavy atom. The summed E-state index contributed by atoms with van der Waals surface area (Å²) in [7, 11) is 0. The third kappa shape index (κ3) is 5.15. The van der Waals surface area contributed by atoms with Crippen LogP contribution in [0.1, 0.15) is 23.1 Å². The minimum atomic E-state index is -0.0293. The minimum Gasteiger partial charge on any atom is -0.383 e. The number of aryl methyl sites for hydroxylation is 2. The molecule has 122 valence electrons. The number of benzene rings is 2. The Hall–Kier alpha value is -1.71. The van der Waals surface area contributed by atoms with Gasteiger partial charge in [-0.3, -0.25) is 4.79 Å². The minimum absolute atomic E-state index is 0.0293. The van der Waals surface area contributed by atoms with Gasteiger partial charge < -0.3 is 10.6 Å². The Balaban J connectivity index is 1.80. The Labute approximate surface area is 147 Å². The summed E-state index contributed by atoms with van der Waals surface area (Å²) >= 11 is 12.3. The third-order valence-corrected chi connectivity index (χ3v) is 4.19. The fourth-order valence-corrected chi connectivity index (χ4v) is 2.96. The SMILES string of the molecule is Cc1cc(C)c(NCCC(=O)NCc2ccccc2Cl)c(Cl)c1. The first-order chi connectivity index (χ1) is 11.0. The molecule has 0 saturated carbocycles. The molecule has 23 heavy (non-hydrogen) atoms. The zero-order chi connectivity index (χ0) is 16.8. The van der Waals surface area contributed by atoms with Crippen molar-refractivity contribution < 1.29 is 4.79 Å². The fourth-order valence-electron chi connectivity index (χ4n) is 2.36. The largest absolute Gasteiger partial charge is 0.383 e. The number of carbonyl (C=O) groups excluding carboxylic acids is 1. The number of hydrogen-bond donors (Lipinski definition) is 2. The number of halogens is 2. The first-order valence-electron chi connectivity index (χ1n) is 7.48.